The number of aryl methyl sites for hydroxylation is 2. The van der Waals surface area contributed by atoms with Crippen LogP contribution in [-0.4, -0.2) is 20.7 Å². The van der Waals surface area contributed by atoms with E-state index in [1.54, 1.807) is 0 Å². The summed E-state index contributed by atoms with van der Waals surface area (Å²) >= 11 is 0. The predicted molar refractivity (Wildman–Crippen MR) is 98.2 cm³/mol. The monoisotopic (exact) mass is 324 g/mol. The molecule has 0 fully saturated rings. The van der Waals surface area contributed by atoms with E-state index >= 15 is 0 Å². The number of unbranched alkanes of at least 4 members (excludes halogenated alkanes) is 1. The number of carbonyl (C=O) groups excluding carboxylic acids is 1. The van der Waals surface area contributed by atoms with E-state index in [9.17, 15) is 4.79 Å². The summed E-state index contributed by atoms with van der Waals surface area (Å²) in [5.74, 6) is 0.639. The smallest absolute Gasteiger partial charge is 0.225 e. The van der Waals surface area contributed by atoms with Crippen LogP contribution >= 0.6 is 0 Å². The third-order valence-electron chi connectivity index (χ3n) is 4.20. The van der Waals surface area contributed by atoms with E-state index in [1.807, 2.05) is 10.7 Å². The van der Waals surface area contributed by atoms with E-state index in [4.69, 9.17) is 4.98 Å². The number of fused-ring (bicyclic) bond motifs is 2. The van der Waals surface area contributed by atoms with E-state index in [1.165, 1.54) is 0 Å². The van der Waals surface area contributed by atoms with Crippen LogP contribution < -0.4 is 5.32 Å². The lowest BCUT2D eigenvalue weighted by molar-refractivity contribution is -0.116. The highest BCUT2D eigenvalue weighted by atomic mass is 16.1. The summed E-state index contributed by atoms with van der Waals surface area (Å²) in [6, 6.07) is 8.23. The first-order valence-electron chi connectivity index (χ1n) is 8.70. The fourth-order valence-electron chi connectivity index (χ4n) is 2.92. The molecule has 2 heterocycles. The zero-order valence-electron chi connectivity index (χ0n) is 14.6. The molecule has 24 heavy (non-hydrogen) atoms. The number of benzene rings is 1. The SMILES string of the molecule is CCCCC(=O)Nc1nn(CCC)c2nc3c(C)cccc3cc12. The summed E-state index contributed by atoms with van der Waals surface area (Å²) < 4.78 is 1.90. The lowest BCUT2D eigenvalue weighted by Crippen LogP contribution is -2.12. The van der Waals surface area contributed by atoms with Crippen molar-refractivity contribution in [3.8, 4) is 0 Å². The second kappa shape index (κ2) is 6.99. The third-order valence-corrected chi connectivity index (χ3v) is 4.20. The van der Waals surface area contributed by atoms with E-state index in [-0.39, 0.29) is 5.91 Å². The average Bonchev–Trinajstić information content (AvgIpc) is 2.89. The van der Waals surface area contributed by atoms with Gasteiger partial charge in [-0.1, -0.05) is 38.5 Å². The predicted octanol–water partition coefficient (Wildman–Crippen LogP) is 4.43. The first kappa shape index (κ1) is 16.4. The van der Waals surface area contributed by atoms with Gasteiger partial charge < -0.3 is 5.32 Å². The molecule has 1 aromatic carbocycles. The molecule has 0 aliphatic rings. The number of amides is 1. The molecule has 0 unspecified atom stereocenters. The van der Waals surface area contributed by atoms with Gasteiger partial charge in [0.1, 0.15) is 0 Å². The number of rotatable bonds is 6. The number of aromatic nitrogens is 3. The lowest BCUT2D eigenvalue weighted by atomic mass is 10.1. The van der Waals surface area contributed by atoms with E-state index in [2.05, 4.69) is 49.4 Å². The quantitative estimate of drug-likeness (QED) is 0.729. The molecule has 3 aromatic rings. The first-order valence-corrected chi connectivity index (χ1v) is 8.70. The van der Waals surface area contributed by atoms with Gasteiger partial charge in [-0.3, -0.25) is 4.79 Å². The Labute approximate surface area is 142 Å². The maximum absolute atomic E-state index is 12.1. The number of hydrogen-bond donors (Lipinski definition) is 1. The Kier molecular flexibility index (Phi) is 4.79. The van der Waals surface area contributed by atoms with Crippen molar-refractivity contribution in [3.05, 3.63) is 29.8 Å². The lowest BCUT2D eigenvalue weighted by Gasteiger charge is -2.04. The summed E-state index contributed by atoms with van der Waals surface area (Å²) in [7, 11) is 0. The van der Waals surface area contributed by atoms with Crippen molar-refractivity contribution in [2.45, 2.75) is 53.0 Å². The normalized spacial score (nSPS) is 11.3. The molecule has 2 aromatic heterocycles. The summed E-state index contributed by atoms with van der Waals surface area (Å²) in [4.78, 5) is 17.0. The van der Waals surface area contributed by atoms with Gasteiger partial charge in [0.2, 0.25) is 5.91 Å². The van der Waals surface area contributed by atoms with Gasteiger partial charge in [0.25, 0.3) is 0 Å². The standard InChI is InChI=1S/C19H24N4O/c1-4-6-10-16(24)20-18-15-12-14-9-7-8-13(3)17(14)21-19(15)23(22-18)11-5-2/h7-9,12H,4-6,10-11H2,1-3H3,(H,20,22,24). The van der Waals surface area contributed by atoms with Gasteiger partial charge in [0, 0.05) is 18.4 Å². The molecule has 1 N–H and O–H groups in total. The maximum Gasteiger partial charge on any atom is 0.225 e. The van der Waals surface area contributed by atoms with Gasteiger partial charge in [-0.2, -0.15) is 5.10 Å². The molecule has 0 aliphatic carbocycles. The van der Waals surface area contributed by atoms with Crippen molar-refractivity contribution >= 4 is 33.7 Å². The van der Waals surface area contributed by atoms with Crippen LogP contribution in [0.2, 0.25) is 0 Å². The van der Waals surface area contributed by atoms with Crippen molar-refractivity contribution in [1.82, 2.24) is 14.8 Å². The van der Waals surface area contributed by atoms with Crippen LogP contribution in [0.3, 0.4) is 0 Å². The molecule has 0 saturated heterocycles. The van der Waals surface area contributed by atoms with Gasteiger partial charge in [-0.25, -0.2) is 9.67 Å². The van der Waals surface area contributed by atoms with Crippen LogP contribution in [-0.2, 0) is 11.3 Å². The van der Waals surface area contributed by atoms with Crippen molar-refractivity contribution in [3.63, 3.8) is 0 Å². The second-order valence-electron chi connectivity index (χ2n) is 6.23. The Morgan fingerprint density at radius 1 is 1.25 bits per heavy atom. The number of pyridine rings is 1. The van der Waals surface area contributed by atoms with Crippen LogP contribution in [0.25, 0.3) is 21.9 Å². The van der Waals surface area contributed by atoms with Crippen molar-refractivity contribution in [2.75, 3.05) is 5.32 Å². The Morgan fingerprint density at radius 2 is 2.08 bits per heavy atom. The van der Waals surface area contributed by atoms with Crippen LogP contribution in [0.4, 0.5) is 5.82 Å². The summed E-state index contributed by atoms with van der Waals surface area (Å²) in [6.45, 7) is 7.04. The number of nitrogens with one attached hydrogen (secondary N) is 1. The number of carbonyl (C=O) groups is 1. The summed E-state index contributed by atoms with van der Waals surface area (Å²) in [6.07, 6.45) is 3.38. The van der Waals surface area contributed by atoms with Gasteiger partial charge in [-0.05, 0) is 31.4 Å². The molecule has 0 spiro atoms. The minimum absolute atomic E-state index is 0.0178. The first-order chi connectivity index (χ1) is 11.6. The number of anilines is 1. The van der Waals surface area contributed by atoms with Gasteiger partial charge in [-0.15, -0.1) is 0 Å². The van der Waals surface area contributed by atoms with Crippen molar-refractivity contribution < 1.29 is 4.79 Å². The highest BCUT2D eigenvalue weighted by molar-refractivity contribution is 6.03. The van der Waals surface area contributed by atoms with Gasteiger partial charge in [0.15, 0.2) is 11.5 Å². The highest BCUT2D eigenvalue weighted by Gasteiger charge is 2.15. The minimum atomic E-state index is 0.0178. The summed E-state index contributed by atoms with van der Waals surface area (Å²) in [5.41, 5.74) is 2.97. The number of hydrogen-bond acceptors (Lipinski definition) is 3. The van der Waals surface area contributed by atoms with Crippen molar-refractivity contribution in [1.29, 1.82) is 0 Å². The molecular weight excluding hydrogens is 300 g/mol. The zero-order chi connectivity index (χ0) is 17.1. The van der Waals surface area contributed by atoms with Gasteiger partial charge >= 0.3 is 0 Å². The Hall–Kier alpha value is -2.43. The van der Waals surface area contributed by atoms with E-state index in [0.717, 1.165) is 53.3 Å². The molecule has 0 atom stereocenters. The fourth-order valence-corrected chi connectivity index (χ4v) is 2.92. The molecule has 0 aliphatic heterocycles. The van der Waals surface area contributed by atoms with Crippen LogP contribution in [0.1, 0.15) is 45.1 Å². The van der Waals surface area contributed by atoms with Crippen molar-refractivity contribution in [2.24, 2.45) is 0 Å². The van der Waals surface area contributed by atoms with Gasteiger partial charge in [0.05, 0.1) is 10.9 Å². The number of para-hydroxylation sites is 1. The molecule has 0 radical (unpaired) electrons. The van der Waals surface area contributed by atoms with E-state index in [0.29, 0.717) is 12.2 Å². The highest BCUT2D eigenvalue weighted by Crippen LogP contribution is 2.27. The number of nitrogens with zero attached hydrogens (tertiary/aromatic N) is 3. The maximum atomic E-state index is 12.1. The molecule has 5 heteroatoms. The van der Waals surface area contributed by atoms with Crippen LogP contribution in [0.15, 0.2) is 24.3 Å². The molecular formula is C19H24N4O. The average molecular weight is 324 g/mol. The fraction of sp³-hybridized carbons (Fsp3) is 0.421. The largest absolute Gasteiger partial charge is 0.309 e. The molecule has 0 bridgehead atoms. The molecule has 126 valence electrons. The Bertz CT molecular complexity index is 882. The Morgan fingerprint density at radius 3 is 2.83 bits per heavy atom. The summed E-state index contributed by atoms with van der Waals surface area (Å²) in [5, 5.41) is 9.55. The van der Waals surface area contributed by atoms with E-state index < -0.39 is 0 Å². The third kappa shape index (κ3) is 3.11. The zero-order valence-corrected chi connectivity index (χ0v) is 14.6. The topological polar surface area (TPSA) is 59.8 Å². The minimum Gasteiger partial charge on any atom is -0.309 e. The van der Waals surface area contributed by atoms with Crippen LogP contribution in [0, 0.1) is 6.92 Å². The van der Waals surface area contributed by atoms with Crippen LogP contribution in [0.5, 0.6) is 0 Å². The second-order valence-corrected chi connectivity index (χ2v) is 6.23. The molecule has 5 nitrogen and oxygen atoms in total. The molecule has 3 rings (SSSR count). The molecule has 1 amide bonds. The molecule has 0 saturated carbocycles. The Balaban J connectivity index is 2.10.